The molecule has 720 valence electrons. The molecule has 3 fully saturated rings. The molecule has 7 aliphatic heterocycles. The van der Waals surface area contributed by atoms with Crippen molar-refractivity contribution in [2.75, 3.05) is 139 Å². The number of carbonyl (C=O) groups excluding carboxylic acids is 4. The molecule has 0 unspecified atom stereocenters. The number of aromatic nitrogens is 4. The van der Waals surface area contributed by atoms with Gasteiger partial charge in [0.15, 0.2) is 28.7 Å². The summed E-state index contributed by atoms with van der Waals surface area (Å²) in [5.74, 6) is 0.753. The second-order valence-corrected chi connectivity index (χ2v) is 39.3. The third-order valence-electron chi connectivity index (χ3n) is 26.8. The molecule has 0 atom stereocenters. The predicted octanol–water partition coefficient (Wildman–Crippen LogP) is 20.2. The molecule has 5 N–H and O–H groups in total. The van der Waals surface area contributed by atoms with Crippen molar-refractivity contribution in [3.8, 4) is 0 Å². The van der Waals surface area contributed by atoms with Crippen molar-refractivity contribution in [1.29, 1.82) is 0 Å². The van der Waals surface area contributed by atoms with Gasteiger partial charge in [0.1, 0.15) is 16.8 Å². The summed E-state index contributed by atoms with van der Waals surface area (Å²) in [6, 6.07) is 15.5. The minimum absolute atomic E-state index is 0.269. The number of likely N-dealkylation sites (tertiary alicyclic amines) is 1. The minimum atomic E-state index is -0.556. The van der Waals surface area contributed by atoms with Crippen molar-refractivity contribution < 1.29 is 38.1 Å². The van der Waals surface area contributed by atoms with Crippen molar-refractivity contribution in [2.45, 2.75) is 266 Å². The number of allylic oxidation sites excluding steroid dienone is 10. The van der Waals surface area contributed by atoms with Crippen LogP contribution in [-0.2, 0) is 60.5 Å². The first-order valence-electron chi connectivity index (χ1n) is 48.8. The summed E-state index contributed by atoms with van der Waals surface area (Å²) in [5, 5.41) is 15.7. The number of ether oxygens (including phenoxy) is 4. The molecule has 135 heavy (non-hydrogen) atoms. The van der Waals surface area contributed by atoms with Gasteiger partial charge >= 0.3 is 0 Å². The Morgan fingerprint density at radius 1 is 0.459 bits per heavy atom. The van der Waals surface area contributed by atoms with E-state index in [1.54, 1.807) is 24.3 Å². The van der Waals surface area contributed by atoms with Gasteiger partial charge in [-0.15, -0.1) is 20.0 Å². The Labute approximate surface area is 801 Å². The van der Waals surface area contributed by atoms with Crippen LogP contribution in [0.4, 0.5) is 28.6 Å². The number of hydrogen-bond donors (Lipinski definition) is 5. The van der Waals surface area contributed by atoms with E-state index >= 15 is 0 Å². The van der Waals surface area contributed by atoms with Crippen LogP contribution in [0, 0.1) is 37.1 Å². The molecule has 29 heteroatoms. The van der Waals surface area contributed by atoms with E-state index in [2.05, 4.69) is 180 Å². The van der Waals surface area contributed by atoms with Gasteiger partial charge in [0.25, 0.3) is 46.9 Å². The van der Waals surface area contributed by atoms with Crippen LogP contribution in [0.3, 0.4) is 0 Å². The van der Waals surface area contributed by atoms with E-state index in [4.69, 9.17) is 65.2 Å². The molecule has 11 heterocycles. The van der Waals surface area contributed by atoms with E-state index in [1.807, 2.05) is 76.2 Å². The smallest absolute Gasteiger partial charge is 0.294 e. The third kappa shape index (κ3) is 29.6. The number of amides is 4. The lowest BCUT2D eigenvalue weighted by atomic mass is 9.71. The van der Waals surface area contributed by atoms with E-state index in [-0.39, 0.29) is 57.9 Å². The standard InChI is InChI=1S/C29H41N5O2.C28H38N6O2.C26H33N5O2.C23H31N5O2/c1-8-29(9-2)17-15-21(16-18-29)26-22(32-27(35)23-12-14-25(30-5)31-23)11-13-24(33-26)28(3,4)36-20-10-19-34(6)7;1-27(2)12-10-20(11-13-27)25-21(32-26(35)22-7-9-24(29-5)31-22)6-8-23(33-25)28(3,4)30-14-15-34-16-18-36-19-17-34;1-26(2,33-18-17-31-15-7-8-16-31)22-13-11-20(24(30-22)19-9-5-4-6-10-19)29-25(32)21-12-14-23(27-3)28-21;1-5-6-16-30-23(2,3)19-12-10-17(21(27-19)28-14-8-7-9-15-28)26-22(29)18-11-13-20(24-4)25-18/h11,13-15H,8-10,12,16-20H2,1-4,6-7H3,(H,32,35);6,8-10,30H,7,11-19H2,1-4H3,(H,32,35);9,11,13-14H,4-8,10,12,15-18H2,1-2H3,(H,29,32);10,12-13H,5-9,11,14-16H2,1-3H3,(H,26,29). The monoisotopic (exact) mass is 1840 g/mol. The Hall–Kier alpha value is -11.2. The maximum Gasteiger partial charge on any atom is 0.294 e. The SMILES string of the molecule is [C-]#[N+]C1=CCC(C(=O)Nc2ccc(C(C)(C)NCCN3CCOCC3)nc2C2=CCC(C)(C)CC2)=N1.[C-]#[N+]C1=CCC(C(=O)Nc2ccc(C(C)(C)OCCCC)nc2N2CCCCC2)=N1.[C-]#[N+]C1=CCC(C(=O)Nc2ccc(C(C)(C)OCCCN(C)C)nc2C2=CCC(CC)(CC)CC2)=N1.[C-]#[N+]C1=CCC(C(=O)Nc2ccc(C(C)(C)OCCN3CCCC3)nc2C2=CCCCC2)=N1. The third-order valence-corrected chi connectivity index (χ3v) is 26.8. The van der Waals surface area contributed by atoms with Gasteiger partial charge in [-0.25, -0.2) is 19.9 Å². The number of nitrogens with one attached hydrogen (secondary N) is 5. The van der Waals surface area contributed by atoms with E-state index < -0.39 is 16.8 Å². The largest absolute Gasteiger partial charge is 0.379 e. The molecule has 3 aliphatic carbocycles. The Balaban J connectivity index is 0.000000173. The number of aliphatic imine (C=N–C) groups is 4. The van der Waals surface area contributed by atoms with E-state index in [0.29, 0.717) is 96.5 Å². The molecule has 0 aromatic carbocycles. The van der Waals surface area contributed by atoms with E-state index in [1.165, 1.54) is 42.4 Å². The first-order chi connectivity index (χ1) is 64.7. The van der Waals surface area contributed by atoms with Crippen LogP contribution in [0.2, 0.25) is 0 Å². The second-order valence-electron chi connectivity index (χ2n) is 39.3. The topological polar surface area (TPSA) is 297 Å². The predicted molar refractivity (Wildman–Crippen MR) is 540 cm³/mol. The number of hydrogen-bond acceptors (Lipinski definition) is 21. The van der Waals surface area contributed by atoms with Gasteiger partial charge in [-0.2, -0.15) is 0 Å². The summed E-state index contributed by atoms with van der Waals surface area (Å²) in [6.45, 7) is 69.7. The Bertz CT molecular complexity index is 5430. The van der Waals surface area contributed by atoms with Crippen LogP contribution in [0.25, 0.3) is 36.1 Å². The van der Waals surface area contributed by atoms with Crippen LogP contribution in [0.5, 0.6) is 0 Å². The van der Waals surface area contributed by atoms with Crippen LogP contribution in [-0.4, -0.2) is 194 Å². The normalized spacial score (nSPS) is 18.4. The lowest BCUT2D eigenvalue weighted by Crippen LogP contribution is -2.45. The van der Waals surface area contributed by atoms with Gasteiger partial charge in [-0.3, -0.25) is 24.1 Å². The van der Waals surface area contributed by atoms with Crippen molar-refractivity contribution in [1.82, 2.24) is 40.0 Å². The number of piperidine rings is 1. The lowest BCUT2D eigenvalue weighted by molar-refractivity contribution is -0.111. The Morgan fingerprint density at radius 2 is 0.874 bits per heavy atom. The molecule has 10 aliphatic rings. The molecule has 0 spiro atoms. The van der Waals surface area contributed by atoms with Gasteiger partial charge in [-0.1, -0.05) is 123 Å². The molecule has 4 aromatic rings. The van der Waals surface area contributed by atoms with Gasteiger partial charge in [-0.05, 0) is 274 Å². The molecular formula is C106H143N21O8. The fraction of sp³-hybridized carbons (Fsp3) is 0.566. The zero-order chi connectivity index (χ0) is 96.9. The molecule has 3 saturated heterocycles. The highest BCUT2D eigenvalue weighted by Gasteiger charge is 2.37. The Morgan fingerprint density at radius 3 is 1.30 bits per heavy atom. The maximum absolute atomic E-state index is 13.0. The number of rotatable bonds is 35. The molecule has 4 aromatic heterocycles. The summed E-state index contributed by atoms with van der Waals surface area (Å²) in [4.78, 5) is 111. The zero-order valence-corrected chi connectivity index (χ0v) is 82.7. The maximum atomic E-state index is 13.0. The number of unbranched alkanes of at least 4 members (excludes halogenated alkanes) is 1. The molecule has 14 rings (SSSR count). The van der Waals surface area contributed by atoms with Gasteiger partial charge in [0.05, 0.1) is 88.0 Å². The van der Waals surface area contributed by atoms with Crippen LogP contribution < -0.4 is 31.5 Å². The van der Waals surface area contributed by atoms with Gasteiger partial charge < -0.3 is 79.6 Å². The first kappa shape index (κ1) is 104. The van der Waals surface area contributed by atoms with E-state index in [0.717, 1.165) is 227 Å². The van der Waals surface area contributed by atoms with Crippen LogP contribution in [0.1, 0.15) is 284 Å². The van der Waals surface area contributed by atoms with Crippen LogP contribution >= 0.6 is 0 Å². The minimum Gasteiger partial charge on any atom is -0.379 e. The number of carbonyl (C=O) groups is 4. The van der Waals surface area contributed by atoms with Crippen molar-refractivity contribution in [3.05, 3.63) is 200 Å². The fourth-order valence-electron chi connectivity index (χ4n) is 17.6. The summed E-state index contributed by atoms with van der Waals surface area (Å²) in [6.07, 6.45) is 36.7. The molecule has 0 radical (unpaired) electrons. The molecule has 4 amide bonds. The fourth-order valence-corrected chi connectivity index (χ4v) is 17.6. The highest BCUT2D eigenvalue weighted by molar-refractivity contribution is 6.46. The number of pyridine rings is 4. The molecular weight excluding hydrogens is 1700 g/mol. The summed E-state index contributed by atoms with van der Waals surface area (Å²) in [5.41, 5.74) is 12.3. The number of morpholine rings is 1. The zero-order valence-electron chi connectivity index (χ0n) is 82.7. The quantitative estimate of drug-likeness (QED) is 0.0211. The molecule has 0 saturated carbocycles. The summed E-state index contributed by atoms with van der Waals surface area (Å²) >= 11 is 0. The lowest BCUT2D eigenvalue weighted by Gasteiger charge is -2.35. The highest BCUT2D eigenvalue weighted by atomic mass is 16.5. The number of nitrogens with zero attached hydrogens (tertiary/aromatic N) is 16. The Kier molecular flexibility index (Phi) is 37.8. The number of anilines is 5. The van der Waals surface area contributed by atoms with Gasteiger partial charge in [0.2, 0.25) is 0 Å². The summed E-state index contributed by atoms with van der Waals surface area (Å²) < 4.78 is 24.1. The first-order valence-corrected chi connectivity index (χ1v) is 48.8. The summed E-state index contributed by atoms with van der Waals surface area (Å²) in [7, 11) is 4.12. The van der Waals surface area contributed by atoms with Gasteiger partial charge in [0, 0.05) is 84.7 Å². The van der Waals surface area contributed by atoms with Crippen molar-refractivity contribution >= 4 is 91.8 Å². The average molecular weight is 1840 g/mol. The van der Waals surface area contributed by atoms with Crippen LogP contribution in [0.15, 0.2) is 134 Å². The van der Waals surface area contributed by atoms with Crippen molar-refractivity contribution in [2.24, 2.45) is 30.8 Å². The van der Waals surface area contributed by atoms with Crippen molar-refractivity contribution in [3.63, 3.8) is 0 Å². The molecule has 29 nitrogen and oxygen atoms in total. The highest BCUT2D eigenvalue weighted by Crippen LogP contribution is 2.46. The average Bonchev–Trinajstić information content (AvgIpc) is 1.53. The molecule has 0 bridgehead atoms. The second kappa shape index (κ2) is 49.0. The van der Waals surface area contributed by atoms with E-state index in [9.17, 15) is 19.2 Å².